The summed E-state index contributed by atoms with van der Waals surface area (Å²) in [5.74, 6) is -4.42. The zero-order valence-electron chi connectivity index (χ0n) is 7.08. The van der Waals surface area contributed by atoms with Crippen LogP contribution in [0.3, 0.4) is 0 Å². The van der Waals surface area contributed by atoms with Crippen LogP contribution in [0.5, 0.6) is 0 Å². The number of aliphatic carboxylic acids is 2. The quantitative estimate of drug-likeness (QED) is 0.282. The summed E-state index contributed by atoms with van der Waals surface area (Å²) in [4.78, 5) is 24.1. The first-order valence-corrected chi connectivity index (χ1v) is 3.60. The largest absolute Gasteiger partial charge is 0.509 e. The smallest absolute Gasteiger partial charge is 0.307 e. The van der Waals surface area contributed by atoms with Crippen molar-refractivity contribution in [2.75, 3.05) is 0 Å². The Bertz CT molecular complexity index is 244. The third-order valence-electron chi connectivity index (χ3n) is 1.41. The predicted octanol–water partition coefficient (Wildman–Crippen LogP) is 0.441. The van der Waals surface area contributed by atoms with Crippen LogP contribution in [0.4, 0.5) is 0 Å². The van der Waals surface area contributed by atoms with Crippen LogP contribution in [0.15, 0.2) is 12.0 Å². The van der Waals surface area contributed by atoms with E-state index in [0.29, 0.717) is 6.26 Å². The molecule has 0 aliphatic carbocycles. The average molecular weight is 206 g/mol. The van der Waals surface area contributed by atoms with Crippen molar-refractivity contribution in [3.63, 3.8) is 0 Å². The molecule has 0 rings (SSSR count). The fourth-order valence-corrected chi connectivity index (χ4v) is 0.819. The summed E-state index contributed by atoms with van der Waals surface area (Å²) in [6.07, 6.45) is -0.501. The maximum Gasteiger partial charge on any atom is 0.307 e. The van der Waals surface area contributed by atoms with Crippen LogP contribution < -0.4 is 0 Å². The number of hydrogen-bond donors (Lipinski definition) is 4. The van der Waals surface area contributed by atoms with E-state index in [-0.39, 0.29) is 0 Å². The van der Waals surface area contributed by atoms with Gasteiger partial charge in [0, 0.05) is 6.42 Å². The van der Waals surface area contributed by atoms with Gasteiger partial charge in [-0.25, -0.2) is 5.26 Å². The molecule has 0 aromatic carbocycles. The molecule has 0 saturated carbocycles. The van der Waals surface area contributed by atoms with Gasteiger partial charge in [-0.05, 0) is 0 Å². The SMILES string of the molecule is O=C(O)CC(CC(O)=COO)C(=O)O. The third-order valence-corrected chi connectivity index (χ3v) is 1.41. The lowest BCUT2D eigenvalue weighted by atomic mass is 10.0. The second-order valence-corrected chi connectivity index (χ2v) is 2.55. The van der Waals surface area contributed by atoms with Crippen molar-refractivity contribution in [3.05, 3.63) is 12.0 Å². The first kappa shape index (κ1) is 12.2. The monoisotopic (exact) mass is 206 g/mol. The Balaban J connectivity index is 4.30. The van der Waals surface area contributed by atoms with E-state index >= 15 is 0 Å². The average Bonchev–Trinajstić information content (AvgIpc) is 2.02. The van der Waals surface area contributed by atoms with E-state index in [1.165, 1.54) is 0 Å². The second-order valence-electron chi connectivity index (χ2n) is 2.55. The first-order valence-electron chi connectivity index (χ1n) is 3.60. The van der Waals surface area contributed by atoms with Crippen LogP contribution in [0, 0.1) is 5.92 Å². The van der Waals surface area contributed by atoms with Gasteiger partial charge in [-0.15, -0.1) is 0 Å². The number of carboxylic acid groups (broad SMARTS) is 2. The molecule has 1 unspecified atom stereocenters. The second kappa shape index (κ2) is 5.81. The Morgan fingerprint density at radius 1 is 1.21 bits per heavy atom. The highest BCUT2D eigenvalue weighted by molar-refractivity contribution is 5.77. The van der Waals surface area contributed by atoms with Gasteiger partial charge in [-0.2, -0.15) is 0 Å². The van der Waals surface area contributed by atoms with Crippen LogP contribution in [0.2, 0.25) is 0 Å². The normalized spacial score (nSPS) is 13.4. The summed E-state index contributed by atoms with van der Waals surface area (Å²) in [6, 6.07) is 0. The number of aliphatic hydroxyl groups excluding tert-OH is 1. The van der Waals surface area contributed by atoms with E-state index in [1.54, 1.807) is 0 Å². The lowest BCUT2D eigenvalue weighted by Gasteiger charge is -2.07. The van der Waals surface area contributed by atoms with Gasteiger partial charge < -0.3 is 20.2 Å². The summed E-state index contributed by atoms with van der Waals surface area (Å²) in [5.41, 5.74) is 0. The number of hydrogen-bond acceptors (Lipinski definition) is 5. The van der Waals surface area contributed by atoms with Gasteiger partial charge in [-0.3, -0.25) is 9.59 Å². The summed E-state index contributed by atoms with van der Waals surface area (Å²) in [6.45, 7) is 0. The van der Waals surface area contributed by atoms with E-state index in [0.717, 1.165) is 0 Å². The molecule has 1 atom stereocenters. The number of rotatable bonds is 6. The molecule has 0 aromatic heterocycles. The number of allylic oxidation sites excluding steroid dienone is 1. The van der Waals surface area contributed by atoms with Crippen molar-refractivity contribution in [1.82, 2.24) is 0 Å². The Morgan fingerprint density at radius 2 is 1.79 bits per heavy atom. The molecule has 7 heteroatoms. The molecule has 0 saturated heterocycles. The Labute approximate surface area is 78.8 Å². The zero-order valence-corrected chi connectivity index (χ0v) is 7.08. The molecule has 14 heavy (non-hydrogen) atoms. The summed E-state index contributed by atoms with van der Waals surface area (Å²) >= 11 is 0. The van der Waals surface area contributed by atoms with Crippen LogP contribution in [-0.2, 0) is 14.5 Å². The van der Waals surface area contributed by atoms with E-state index in [2.05, 4.69) is 4.89 Å². The molecule has 0 radical (unpaired) electrons. The maximum absolute atomic E-state index is 10.5. The molecule has 7 nitrogen and oxygen atoms in total. The minimum absolute atomic E-state index is 0.414. The van der Waals surface area contributed by atoms with Crippen molar-refractivity contribution >= 4 is 11.9 Å². The molecule has 0 aliphatic rings. The predicted molar refractivity (Wildman–Crippen MR) is 42.4 cm³/mol. The molecular formula is C7H10O7. The first-order chi connectivity index (χ1) is 6.47. The standard InChI is InChI=1S/C7H10O7/c8-5(3-14-13)1-4(7(11)12)2-6(9)10/h3-4,8,13H,1-2H2,(H,9,10)(H,11,12). The molecule has 0 amide bonds. The van der Waals surface area contributed by atoms with Crippen molar-refractivity contribution in [2.24, 2.45) is 5.92 Å². The highest BCUT2D eigenvalue weighted by Crippen LogP contribution is 2.14. The van der Waals surface area contributed by atoms with Crippen molar-refractivity contribution < 1.29 is 35.1 Å². The zero-order chi connectivity index (χ0) is 11.1. The molecule has 0 spiro atoms. The topological polar surface area (TPSA) is 124 Å². The van der Waals surface area contributed by atoms with Gasteiger partial charge in [0.15, 0.2) is 6.26 Å². The van der Waals surface area contributed by atoms with E-state index < -0.39 is 36.5 Å². The van der Waals surface area contributed by atoms with Gasteiger partial charge >= 0.3 is 11.9 Å². The molecule has 0 aliphatic heterocycles. The van der Waals surface area contributed by atoms with Crippen LogP contribution >= 0.6 is 0 Å². The van der Waals surface area contributed by atoms with Crippen LogP contribution in [0.25, 0.3) is 0 Å². The molecule has 80 valence electrons. The van der Waals surface area contributed by atoms with Crippen LogP contribution in [0.1, 0.15) is 12.8 Å². The van der Waals surface area contributed by atoms with Gasteiger partial charge in [0.25, 0.3) is 0 Å². The van der Waals surface area contributed by atoms with E-state index in [4.69, 9.17) is 20.6 Å². The number of aliphatic hydroxyl groups is 1. The fraction of sp³-hybridized carbons (Fsp3) is 0.429. The van der Waals surface area contributed by atoms with Gasteiger partial charge in [0.1, 0.15) is 5.76 Å². The Kier molecular flexibility index (Phi) is 5.08. The minimum Gasteiger partial charge on any atom is -0.509 e. The van der Waals surface area contributed by atoms with Crippen molar-refractivity contribution in [3.8, 4) is 0 Å². The maximum atomic E-state index is 10.5. The lowest BCUT2D eigenvalue weighted by Crippen LogP contribution is -2.18. The molecular weight excluding hydrogens is 196 g/mol. The van der Waals surface area contributed by atoms with Crippen LogP contribution in [-0.4, -0.2) is 32.5 Å². The molecule has 0 heterocycles. The molecule has 4 N–H and O–H groups in total. The third kappa shape index (κ3) is 4.99. The Morgan fingerprint density at radius 3 is 2.14 bits per heavy atom. The highest BCUT2D eigenvalue weighted by Gasteiger charge is 2.22. The Hall–Kier alpha value is -1.76. The number of carboxylic acids is 2. The van der Waals surface area contributed by atoms with Gasteiger partial charge in [-0.1, -0.05) is 0 Å². The number of carbonyl (C=O) groups is 2. The van der Waals surface area contributed by atoms with Crippen molar-refractivity contribution in [2.45, 2.75) is 12.8 Å². The van der Waals surface area contributed by atoms with E-state index in [9.17, 15) is 9.59 Å². The molecule has 0 fully saturated rings. The van der Waals surface area contributed by atoms with Gasteiger partial charge in [0.05, 0.1) is 12.3 Å². The summed E-state index contributed by atoms with van der Waals surface area (Å²) in [7, 11) is 0. The summed E-state index contributed by atoms with van der Waals surface area (Å²) < 4.78 is 0. The lowest BCUT2D eigenvalue weighted by molar-refractivity contribution is -0.189. The van der Waals surface area contributed by atoms with Crippen molar-refractivity contribution in [1.29, 1.82) is 0 Å². The molecule has 0 aromatic rings. The van der Waals surface area contributed by atoms with E-state index in [1.807, 2.05) is 0 Å². The highest BCUT2D eigenvalue weighted by atomic mass is 17.1. The minimum atomic E-state index is -1.34. The fourth-order valence-electron chi connectivity index (χ4n) is 0.819. The summed E-state index contributed by atoms with van der Waals surface area (Å²) in [5, 5.41) is 33.6. The van der Waals surface area contributed by atoms with Gasteiger partial charge in [0.2, 0.25) is 0 Å². The molecule has 0 bridgehead atoms.